The number of hydrogen-bond donors (Lipinski definition) is 2. The maximum Gasteiger partial charge on any atom is 0.321 e. The van der Waals surface area contributed by atoms with Crippen molar-refractivity contribution in [2.24, 2.45) is 5.41 Å². The first-order valence-electron chi connectivity index (χ1n) is 6.12. The van der Waals surface area contributed by atoms with Gasteiger partial charge >= 0.3 is 11.9 Å². The number of hydrogen-bond acceptors (Lipinski definition) is 2. The molecule has 0 fully saturated rings. The van der Waals surface area contributed by atoms with Crippen molar-refractivity contribution >= 4 is 27.9 Å². The minimum Gasteiger partial charge on any atom is -0.480 e. The third-order valence-corrected chi connectivity index (χ3v) is 4.07. The summed E-state index contributed by atoms with van der Waals surface area (Å²) in [7, 11) is 0. The van der Waals surface area contributed by atoms with E-state index < -0.39 is 23.3 Å². The van der Waals surface area contributed by atoms with Gasteiger partial charge in [0.2, 0.25) is 0 Å². The molecule has 0 aliphatic heterocycles. The minimum atomic E-state index is -1.78. The SMILES string of the molecule is CCC(c1cccc(Br)c1)C(CC)(C(=O)O)C(=O)O. The number of halogens is 1. The van der Waals surface area contributed by atoms with Crippen molar-refractivity contribution in [2.45, 2.75) is 32.6 Å². The standard InChI is InChI=1S/C14H17BrO4/c1-3-11(9-6-5-7-10(15)8-9)14(4-2,12(16)17)13(18)19/h5-8,11H,3-4H2,1-2H3,(H,16,17)(H,18,19). The largest absolute Gasteiger partial charge is 0.480 e. The molecule has 0 saturated heterocycles. The van der Waals surface area contributed by atoms with Crippen LogP contribution in [0.25, 0.3) is 0 Å². The Kier molecular flexibility index (Phi) is 5.11. The Balaban J connectivity index is 3.40. The monoisotopic (exact) mass is 328 g/mol. The van der Waals surface area contributed by atoms with Gasteiger partial charge in [-0.15, -0.1) is 0 Å². The van der Waals surface area contributed by atoms with Crippen LogP contribution in [0.4, 0.5) is 0 Å². The fraction of sp³-hybridized carbons (Fsp3) is 0.429. The molecule has 4 nitrogen and oxygen atoms in total. The summed E-state index contributed by atoms with van der Waals surface area (Å²) in [6.07, 6.45) is 0.492. The van der Waals surface area contributed by atoms with Crippen LogP contribution in [0, 0.1) is 5.41 Å². The molecule has 0 amide bonds. The van der Waals surface area contributed by atoms with Crippen molar-refractivity contribution in [2.75, 3.05) is 0 Å². The Morgan fingerprint density at radius 2 is 1.84 bits per heavy atom. The molecule has 19 heavy (non-hydrogen) atoms. The third-order valence-electron chi connectivity index (χ3n) is 3.58. The summed E-state index contributed by atoms with van der Waals surface area (Å²) < 4.78 is 0.809. The maximum absolute atomic E-state index is 11.6. The zero-order chi connectivity index (χ0) is 14.6. The normalized spacial score (nSPS) is 13.0. The summed E-state index contributed by atoms with van der Waals surface area (Å²) in [5.74, 6) is -3.13. The topological polar surface area (TPSA) is 74.6 Å². The Hall–Kier alpha value is -1.36. The van der Waals surface area contributed by atoms with E-state index >= 15 is 0 Å². The Bertz CT molecular complexity index is 470. The molecule has 0 aliphatic rings. The summed E-state index contributed by atoms with van der Waals surface area (Å²) in [4.78, 5) is 23.1. The highest BCUT2D eigenvalue weighted by molar-refractivity contribution is 9.10. The van der Waals surface area contributed by atoms with Crippen LogP contribution >= 0.6 is 15.9 Å². The molecule has 0 aliphatic carbocycles. The lowest BCUT2D eigenvalue weighted by Crippen LogP contribution is -2.44. The van der Waals surface area contributed by atoms with Gasteiger partial charge in [-0.2, -0.15) is 0 Å². The predicted molar refractivity (Wildman–Crippen MR) is 75.2 cm³/mol. The van der Waals surface area contributed by atoms with Crippen molar-refractivity contribution in [3.05, 3.63) is 34.3 Å². The molecular formula is C14H17BrO4. The predicted octanol–water partition coefficient (Wildman–Crippen LogP) is 3.51. The van der Waals surface area contributed by atoms with Gasteiger partial charge in [0.15, 0.2) is 5.41 Å². The first-order valence-corrected chi connectivity index (χ1v) is 6.91. The van der Waals surface area contributed by atoms with Crippen LogP contribution in [-0.2, 0) is 9.59 Å². The number of carboxylic acid groups (broad SMARTS) is 2. The van der Waals surface area contributed by atoms with Gasteiger partial charge in [-0.25, -0.2) is 0 Å². The zero-order valence-corrected chi connectivity index (χ0v) is 12.5. The van der Waals surface area contributed by atoms with Crippen LogP contribution < -0.4 is 0 Å². The van der Waals surface area contributed by atoms with Crippen molar-refractivity contribution in [1.29, 1.82) is 0 Å². The van der Waals surface area contributed by atoms with E-state index in [1.165, 1.54) is 0 Å². The van der Waals surface area contributed by atoms with Gasteiger partial charge in [0.25, 0.3) is 0 Å². The van der Waals surface area contributed by atoms with Crippen molar-refractivity contribution in [3.8, 4) is 0 Å². The first-order chi connectivity index (χ1) is 8.90. The van der Waals surface area contributed by atoms with Crippen LogP contribution in [0.5, 0.6) is 0 Å². The lowest BCUT2D eigenvalue weighted by atomic mass is 9.69. The lowest BCUT2D eigenvalue weighted by Gasteiger charge is -2.32. The average Bonchev–Trinajstić information content (AvgIpc) is 2.34. The lowest BCUT2D eigenvalue weighted by molar-refractivity contribution is -0.167. The molecule has 0 bridgehead atoms. The molecule has 1 aromatic carbocycles. The van der Waals surface area contributed by atoms with Crippen LogP contribution in [0.2, 0.25) is 0 Å². The molecular weight excluding hydrogens is 312 g/mol. The van der Waals surface area contributed by atoms with Crippen molar-refractivity contribution in [1.82, 2.24) is 0 Å². The fourth-order valence-corrected chi connectivity index (χ4v) is 2.95. The maximum atomic E-state index is 11.6. The molecule has 0 radical (unpaired) electrons. The number of benzene rings is 1. The second-order valence-electron chi connectivity index (χ2n) is 4.45. The van der Waals surface area contributed by atoms with Gasteiger partial charge in [-0.3, -0.25) is 9.59 Å². The van der Waals surface area contributed by atoms with E-state index in [0.717, 1.165) is 10.0 Å². The van der Waals surface area contributed by atoms with Gasteiger partial charge in [0, 0.05) is 10.4 Å². The highest BCUT2D eigenvalue weighted by Crippen LogP contribution is 2.42. The highest BCUT2D eigenvalue weighted by Gasteiger charge is 2.51. The summed E-state index contributed by atoms with van der Waals surface area (Å²) in [6.45, 7) is 3.41. The first kappa shape index (κ1) is 15.7. The summed E-state index contributed by atoms with van der Waals surface area (Å²) >= 11 is 3.33. The third kappa shape index (κ3) is 2.81. The Morgan fingerprint density at radius 1 is 1.26 bits per heavy atom. The van der Waals surface area contributed by atoms with Gasteiger partial charge in [-0.1, -0.05) is 41.9 Å². The molecule has 5 heteroatoms. The molecule has 1 atom stereocenters. The summed E-state index contributed by atoms with van der Waals surface area (Å²) in [5.41, 5.74) is -1.06. The number of rotatable bonds is 6. The van der Waals surface area contributed by atoms with E-state index in [-0.39, 0.29) is 6.42 Å². The van der Waals surface area contributed by atoms with Crippen molar-refractivity contribution in [3.63, 3.8) is 0 Å². The fourth-order valence-electron chi connectivity index (χ4n) is 2.53. The Morgan fingerprint density at radius 3 is 2.21 bits per heavy atom. The van der Waals surface area contributed by atoms with E-state index in [1.807, 2.05) is 13.0 Å². The second-order valence-corrected chi connectivity index (χ2v) is 5.37. The number of aliphatic carboxylic acids is 2. The molecule has 0 saturated carbocycles. The van der Waals surface area contributed by atoms with E-state index in [4.69, 9.17) is 0 Å². The average molecular weight is 329 g/mol. The minimum absolute atomic E-state index is 0.0443. The quantitative estimate of drug-likeness (QED) is 0.783. The van der Waals surface area contributed by atoms with Crippen LogP contribution in [0.15, 0.2) is 28.7 Å². The van der Waals surface area contributed by atoms with Gasteiger partial charge < -0.3 is 10.2 Å². The molecule has 104 valence electrons. The molecule has 0 aromatic heterocycles. The smallest absolute Gasteiger partial charge is 0.321 e. The van der Waals surface area contributed by atoms with Crippen LogP contribution in [0.3, 0.4) is 0 Å². The molecule has 2 N–H and O–H groups in total. The summed E-state index contributed by atoms with van der Waals surface area (Å²) in [6, 6.07) is 7.16. The van der Waals surface area contributed by atoms with E-state index in [0.29, 0.717) is 6.42 Å². The van der Waals surface area contributed by atoms with Crippen LogP contribution in [0.1, 0.15) is 38.2 Å². The van der Waals surface area contributed by atoms with Crippen LogP contribution in [-0.4, -0.2) is 22.2 Å². The van der Waals surface area contributed by atoms with Gasteiger partial charge in [0.05, 0.1) is 0 Å². The van der Waals surface area contributed by atoms with E-state index in [2.05, 4.69) is 15.9 Å². The second kappa shape index (κ2) is 6.19. The van der Waals surface area contributed by atoms with Gasteiger partial charge in [0.1, 0.15) is 0 Å². The van der Waals surface area contributed by atoms with E-state index in [1.54, 1.807) is 25.1 Å². The van der Waals surface area contributed by atoms with E-state index in [9.17, 15) is 19.8 Å². The highest BCUT2D eigenvalue weighted by atomic mass is 79.9. The molecule has 0 spiro atoms. The van der Waals surface area contributed by atoms with Gasteiger partial charge in [-0.05, 0) is 30.5 Å². The molecule has 1 unspecified atom stereocenters. The zero-order valence-electron chi connectivity index (χ0n) is 10.9. The molecule has 1 rings (SSSR count). The number of carbonyl (C=O) groups is 2. The summed E-state index contributed by atoms with van der Waals surface area (Å²) in [5, 5.41) is 18.9. The Labute approximate surface area is 120 Å². The molecule has 0 heterocycles. The molecule has 1 aromatic rings. The van der Waals surface area contributed by atoms with Crippen molar-refractivity contribution < 1.29 is 19.8 Å². The number of carboxylic acids is 2.